The summed E-state index contributed by atoms with van der Waals surface area (Å²) in [6.45, 7) is 1.77. The fourth-order valence-corrected chi connectivity index (χ4v) is 3.75. The number of imidazole rings is 1. The number of pyridine rings is 1. The highest BCUT2D eigenvalue weighted by molar-refractivity contribution is 5.80. The molecule has 0 amide bonds. The summed E-state index contributed by atoms with van der Waals surface area (Å²) in [5.74, 6) is 0.900. The van der Waals surface area contributed by atoms with Crippen LogP contribution in [0.3, 0.4) is 0 Å². The van der Waals surface area contributed by atoms with Crippen LogP contribution in [-0.4, -0.2) is 21.5 Å². The quantitative estimate of drug-likeness (QED) is 0.346. The standard InChI is InChI=1S/C27H24N4/c1-2-10-26-25(9-1)30-27(31-26)23-7-5-6-22(18-23)21-13-11-20(12-14-21)19-28-17-15-24-8-3-4-16-29-24/h1-14,16,18,28H,15,17,19H2,(H,30,31). The lowest BCUT2D eigenvalue weighted by Crippen LogP contribution is -2.17. The van der Waals surface area contributed by atoms with Crippen LogP contribution < -0.4 is 5.32 Å². The summed E-state index contributed by atoms with van der Waals surface area (Å²) in [4.78, 5) is 12.5. The molecule has 0 fully saturated rings. The molecule has 4 heteroatoms. The molecule has 4 nitrogen and oxygen atoms in total. The fraction of sp³-hybridized carbons (Fsp3) is 0.111. The normalized spacial score (nSPS) is 11.1. The van der Waals surface area contributed by atoms with E-state index in [-0.39, 0.29) is 0 Å². The Morgan fingerprint density at radius 2 is 1.58 bits per heavy atom. The molecular formula is C27H24N4. The van der Waals surface area contributed by atoms with Crippen molar-refractivity contribution < 1.29 is 0 Å². The molecule has 5 rings (SSSR count). The van der Waals surface area contributed by atoms with Crippen LogP contribution in [0, 0.1) is 0 Å². The van der Waals surface area contributed by atoms with Crippen molar-refractivity contribution in [3.05, 3.63) is 108 Å². The number of fused-ring (bicyclic) bond motifs is 1. The summed E-state index contributed by atoms with van der Waals surface area (Å²) in [6.07, 6.45) is 2.78. The van der Waals surface area contributed by atoms with Gasteiger partial charge in [0.1, 0.15) is 5.82 Å². The Morgan fingerprint density at radius 1 is 0.742 bits per heavy atom. The van der Waals surface area contributed by atoms with Crippen molar-refractivity contribution in [1.82, 2.24) is 20.3 Å². The minimum atomic E-state index is 0.853. The smallest absolute Gasteiger partial charge is 0.138 e. The summed E-state index contributed by atoms with van der Waals surface area (Å²) in [7, 11) is 0. The van der Waals surface area contributed by atoms with E-state index >= 15 is 0 Å². The number of hydrogen-bond acceptors (Lipinski definition) is 3. The highest BCUT2D eigenvalue weighted by atomic mass is 14.9. The van der Waals surface area contributed by atoms with Crippen LogP contribution >= 0.6 is 0 Å². The molecule has 2 aromatic heterocycles. The first-order valence-electron chi connectivity index (χ1n) is 10.6. The van der Waals surface area contributed by atoms with Gasteiger partial charge in [-0.2, -0.15) is 0 Å². The number of nitrogens with one attached hydrogen (secondary N) is 2. The van der Waals surface area contributed by atoms with Crippen LogP contribution in [0.25, 0.3) is 33.5 Å². The Hall–Kier alpha value is -3.76. The van der Waals surface area contributed by atoms with Crippen molar-refractivity contribution in [2.45, 2.75) is 13.0 Å². The molecule has 0 bridgehead atoms. The third-order valence-corrected chi connectivity index (χ3v) is 5.43. The Kier molecular flexibility index (Phi) is 5.54. The molecule has 0 spiro atoms. The first kappa shape index (κ1) is 19.2. The SMILES string of the molecule is c1ccc(CCNCc2ccc(-c3cccc(-c4nc5ccccc5[nH]4)c3)cc2)nc1. The molecule has 5 aromatic rings. The number of H-pyrrole nitrogens is 1. The van der Waals surface area contributed by atoms with E-state index in [1.54, 1.807) is 0 Å². The molecule has 152 valence electrons. The highest BCUT2D eigenvalue weighted by Gasteiger charge is 2.07. The lowest BCUT2D eigenvalue weighted by Gasteiger charge is -2.07. The van der Waals surface area contributed by atoms with Gasteiger partial charge in [-0.3, -0.25) is 4.98 Å². The van der Waals surface area contributed by atoms with E-state index in [0.717, 1.165) is 47.6 Å². The van der Waals surface area contributed by atoms with Crippen LogP contribution in [0.15, 0.2) is 97.2 Å². The van der Waals surface area contributed by atoms with E-state index in [1.165, 1.54) is 16.7 Å². The predicted molar refractivity (Wildman–Crippen MR) is 127 cm³/mol. The van der Waals surface area contributed by atoms with Gasteiger partial charge in [0.2, 0.25) is 0 Å². The first-order chi connectivity index (χ1) is 15.3. The van der Waals surface area contributed by atoms with Gasteiger partial charge < -0.3 is 10.3 Å². The Morgan fingerprint density at radius 3 is 2.42 bits per heavy atom. The van der Waals surface area contributed by atoms with Gasteiger partial charge in [-0.1, -0.05) is 60.7 Å². The average molecular weight is 405 g/mol. The van der Waals surface area contributed by atoms with Gasteiger partial charge in [-0.15, -0.1) is 0 Å². The van der Waals surface area contributed by atoms with Gasteiger partial charge in [-0.25, -0.2) is 4.98 Å². The molecule has 0 aliphatic rings. The lowest BCUT2D eigenvalue weighted by molar-refractivity contribution is 0.680. The molecule has 0 unspecified atom stereocenters. The second kappa shape index (κ2) is 8.94. The van der Waals surface area contributed by atoms with Crippen molar-refractivity contribution in [3.8, 4) is 22.5 Å². The highest BCUT2D eigenvalue weighted by Crippen LogP contribution is 2.26. The summed E-state index contributed by atoms with van der Waals surface area (Å²) in [5, 5.41) is 3.50. The maximum Gasteiger partial charge on any atom is 0.138 e. The van der Waals surface area contributed by atoms with Crippen LogP contribution in [0.5, 0.6) is 0 Å². The van der Waals surface area contributed by atoms with E-state index < -0.39 is 0 Å². The van der Waals surface area contributed by atoms with Crippen molar-refractivity contribution in [2.24, 2.45) is 0 Å². The molecule has 2 N–H and O–H groups in total. The number of hydrogen-bond donors (Lipinski definition) is 2. The second-order valence-corrected chi connectivity index (χ2v) is 7.63. The first-order valence-corrected chi connectivity index (χ1v) is 10.6. The third-order valence-electron chi connectivity index (χ3n) is 5.43. The Bertz CT molecular complexity index is 1240. The number of para-hydroxylation sites is 2. The molecule has 31 heavy (non-hydrogen) atoms. The number of aromatic nitrogens is 3. The summed E-state index contributed by atoms with van der Waals surface area (Å²) in [5.41, 5.74) is 7.93. The summed E-state index contributed by atoms with van der Waals surface area (Å²) >= 11 is 0. The molecule has 2 heterocycles. The predicted octanol–water partition coefficient (Wildman–Crippen LogP) is 5.62. The molecule has 0 radical (unpaired) electrons. The van der Waals surface area contributed by atoms with Crippen molar-refractivity contribution in [3.63, 3.8) is 0 Å². The lowest BCUT2D eigenvalue weighted by atomic mass is 10.0. The van der Waals surface area contributed by atoms with Crippen LogP contribution in [0.1, 0.15) is 11.3 Å². The van der Waals surface area contributed by atoms with Crippen LogP contribution in [0.2, 0.25) is 0 Å². The summed E-state index contributed by atoms with van der Waals surface area (Å²) in [6, 6.07) is 31.4. The maximum atomic E-state index is 4.73. The zero-order valence-electron chi connectivity index (χ0n) is 17.3. The zero-order chi connectivity index (χ0) is 20.9. The van der Waals surface area contributed by atoms with Gasteiger partial charge in [0, 0.05) is 37.0 Å². The van der Waals surface area contributed by atoms with Crippen molar-refractivity contribution >= 4 is 11.0 Å². The minimum absolute atomic E-state index is 0.853. The largest absolute Gasteiger partial charge is 0.338 e. The molecule has 0 saturated carbocycles. The van der Waals surface area contributed by atoms with Crippen LogP contribution in [0.4, 0.5) is 0 Å². The number of rotatable bonds is 7. The molecule has 0 aliphatic heterocycles. The molecule has 0 atom stereocenters. The van der Waals surface area contributed by atoms with E-state index in [1.807, 2.05) is 36.5 Å². The Balaban J connectivity index is 1.25. The topological polar surface area (TPSA) is 53.6 Å². The van der Waals surface area contributed by atoms with Gasteiger partial charge in [0.05, 0.1) is 11.0 Å². The van der Waals surface area contributed by atoms with Crippen LogP contribution in [-0.2, 0) is 13.0 Å². The average Bonchev–Trinajstić information content (AvgIpc) is 3.28. The minimum Gasteiger partial charge on any atom is -0.338 e. The number of nitrogens with zero attached hydrogens (tertiary/aromatic N) is 2. The second-order valence-electron chi connectivity index (χ2n) is 7.63. The fourth-order valence-electron chi connectivity index (χ4n) is 3.75. The van der Waals surface area contributed by atoms with E-state index in [0.29, 0.717) is 0 Å². The Labute approximate surface area is 182 Å². The molecule has 0 aliphatic carbocycles. The molecule has 0 saturated heterocycles. The number of aromatic amines is 1. The van der Waals surface area contributed by atoms with E-state index in [4.69, 9.17) is 4.98 Å². The van der Waals surface area contributed by atoms with E-state index in [9.17, 15) is 0 Å². The summed E-state index contributed by atoms with van der Waals surface area (Å²) < 4.78 is 0. The van der Waals surface area contributed by atoms with Gasteiger partial charge >= 0.3 is 0 Å². The number of benzene rings is 3. The maximum absolute atomic E-state index is 4.73. The van der Waals surface area contributed by atoms with Crippen molar-refractivity contribution in [2.75, 3.05) is 6.54 Å². The molecular weight excluding hydrogens is 380 g/mol. The van der Waals surface area contributed by atoms with Crippen molar-refractivity contribution in [1.29, 1.82) is 0 Å². The van der Waals surface area contributed by atoms with Gasteiger partial charge in [-0.05, 0) is 47.0 Å². The van der Waals surface area contributed by atoms with Gasteiger partial charge in [0.15, 0.2) is 0 Å². The third kappa shape index (κ3) is 4.55. The van der Waals surface area contributed by atoms with Gasteiger partial charge in [0.25, 0.3) is 0 Å². The zero-order valence-corrected chi connectivity index (χ0v) is 17.3. The monoisotopic (exact) mass is 404 g/mol. The molecule has 3 aromatic carbocycles. The van der Waals surface area contributed by atoms with E-state index in [2.05, 4.69) is 75.9 Å².